The van der Waals surface area contributed by atoms with Gasteiger partial charge in [0.1, 0.15) is 0 Å². The Bertz CT molecular complexity index is 228. The Kier molecular flexibility index (Phi) is 4.22. The van der Waals surface area contributed by atoms with Gasteiger partial charge in [-0.3, -0.25) is 4.79 Å². The molecule has 3 heteroatoms. The van der Waals surface area contributed by atoms with Gasteiger partial charge in [-0.2, -0.15) is 0 Å². The Morgan fingerprint density at radius 3 is 2.31 bits per heavy atom. The first kappa shape index (κ1) is 11.9. The fourth-order valence-electron chi connectivity index (χ4n) is 3.03. The summed E-state index contributed by atoms with van der Waals surface area (Å²) in [6.07, 6.45) is 10.2. The fourth-order valence-corrected chi connectivity index (χ4v) is 3.03. The van der Waals surface area contributed by atoms with Gasteiger partial charge in [-0.15, -0.1) is 0 Å². The normalized spacial score (nSPS) is 31.6. The Morgan fingerprint density at radius 2 is 1.69 bits per heavy atom. The maximum atomic E-state index is 11.8. The van der Waals surface area contributed by atoms with Gasteiger partial charge in [0.05, 0.1) is 0 Å². The van der Waals surface area contributed by atoms with E-state index in [1.807, 2.05) is 0 Å². The van der Waals surface area contributed by atoms with E-state index in [1.54, 1.807) is 0 Å². The first-order chi connectivity index (χ1) is 7.74. The average molecular weight is 224 g/mol. The molecule has 0 saturated heterocycles. The number of amides is 1. The van der Waals surface area contributed by atoms with E-state index in [0.29, 0.717) is 18.0 Å². The lowest BCUT2D eigenvalue weighted by Gasteiger charge is -2.27. The summed E-state index contributed by atoms with van der Waals surface area (Å²) >= 11 is 0. The van der Waals surface area contributed by atoms with E-state index in [9.17, 15) is 4.79 Å². The van der Waals surface area contributed by atoms with Crippen LogP contribution in [-0.2, 0) is 4.79 Å². The van der Waals surface area contributed by atoms with Crippen LogP contribution in [0.25, 0.3) is 0 Å². The van der Waals surface area contributed by atoms with E-state index in [-0.39, 0.29) is 5.91 Å². The van der Waals surface area contributed by atoms with Crippen molar-refractivity contribution >= 4 is 5.91 Å². The molecule has 0 radical (unpaired) electrons. The lowest BCUT2D eigenvalue weighted by Crippen LogP contribution is -2.40. The van der Waals surface area contributed by atoms with Crippen molar-refractivity contribution in [3.05, 3.63) is 0 Å². The second-order valence-corrected chi connectivity index (χ2v) is 5.53. The molecule has 2 fully saturated rings. The summed E-state index contributed by atoms with van der Waals surface area (Å²) in [5.41, 5.74) is 5.85. The molecule has 92 valence electrons. The van der Waals surface area contributed by atoms with Crippen LogP contribution in [0.4, 0.5) is 0 Å². The summed E-state index contributed by atoms with van der Waals surface area (Å²) in [4.78, 5) is 11.8. The molecule has 0 atom stereocenters. The minimum atomic E-state index is 0.271. The maximum Gasteiger partial charge on any atom is 0.220 e. The van der Waals surface area contributed by atoms with Gasteiger partial charge in [-0.25, -0.2) is 0 Å². The predicted octanol–water partition coefficient (Wildman–Crippen LogP) is 1.95. The van der Waals surface area contributed by atoms with Crippen LogP contribution in [0.3, 0.4) is 0 Å². The van der Waals surface area contributed by atoms with Gasteiger partial charge in [0, 0.05) is 18.5 Å². The quantitative estimate of drug-likeness (QED) is 0.770. The SMILES string of the molecule is NC1CCC(NC(=O)CC2CCCC2)CC1. The highest BCUT2D eigenvalue weighted by atomic mass is 16.1. The minimum Gasteiger partial charge on any atom is -0.353 e. The summed E-state index contributed by atoms with van der Waals surface area (Å²) in [6.45, 7) is 0. The average Bonchev–Trinajstić information content (AvgIpc) is 2.74. The molecule has 3 nitrogen and oxygen atoms in total. The standard InChI is InChI=1S/C13H24N2O/c14-11-5-7-12(8-6-11)15-13(16)9-10-3-1-2-4-10/h10-12H,1-9,14H2,(H,15,16). The van der Waals surface area contributed by atoms with Crippen LogP contribution in [0.15, 0.2) is 0 Å². The first-order valence-corrected chi connectivity index (χ1v) is 6.79. The highest BCUT2D eigenvalue weighted by Gasteiger charge is 2.22. The van der Waals surface area contributed by atoms with Gasteiger partial charge in [-0.05, 0) is 44.4 Å². The zero-order valence-corrected chi connectivity index (χ0v) is 10.1. The molecule has 16 heavy (non-hydrogen) atoms. The molecule has 2 aliphatic carbocycles. The molecular weight excluding hydrogens is 200 g/mol. The van der Waals surface area contributed by atoms with Gasteiger partial charge < -0.3 is 11.1 Å². The largest absolute Gasteiger partial charge is 0.353 e. The summed E-state index contributed by atoms with van der Waals surface area (Å²) < 4.78 is 0. The molecule has 0 aromatic carbocycles. The van der Waals surface area contributed by atoms with Crippen LogP contribution in [0, 0.1) is 5.92 Å². The highest BCUT2D eigenvalue weighted by Crippen LogP contribution is 2.27. The molecule has 0 unspecified atom stereocenters. The van der Waals surface area contributed by atoms with Crippen molar-refractivity contribution in [2.24, 2.45) is 11.7 Å². The summed E-state index contributed by atoms with van der Waals surface area (Å²) in [5, 5.41) is 3.17. The van der Waals surface area contributed by atoms with Crippen molar-refractivity contribution in [1.29, 1.82) is 0 Å². The molecule has 0 aliphatic heterocycles. The van der Waals surface area contributed by atoms with Gasteiger partial charge in [0.2, 0.25) is 5.91 Å². The van der Waals surface area contributed by atoms with Gasteiger partial charge in [0.25, 0.3) is 0 Å². The molecule has 2 aliphatic rings. The van der Waals surface area contributed by atoms with Crippen LogP contribution < -0.4 is 11.1 Å². The van der Waals surface area contributed by atoms with E-state index in [4.69, 9.17) is 5.73 Å². The molecule has 0 aromatic rings. The fraction of sp³-hybridized carbons (Fsp3) is 0.923. The van der Waals surface area contributed by atoms with Crippen molar-refractivity contribution in [3.63, 3.8) is 0 Å². The van der Waals surface area contributed by atoms with Gasteiger partial charge in [-0.1, -0.05) is 12.8 Å². The molecule has 0 bridgehead atoms. The van der Waals surface area contributed by atoms with Crippen LogP contribution in [-0.4, -0.2) is 18.0 Å². The molecule has 1 amide bonds. The number of hydrogen-bond acceptors (Lipinski definition) is 2. The molecule has 3 N–H and O–H groups in total. The van der Waals surface area contributed by atoms with E-state index in [2.05, 4.69) is 5.32 Å². The van der Waals surface area contributed by atoms with Gasteiger partial charge >= 0.3 is 0 Å². The van der Waals surface area contributed by atoms with Crippen LogP contribution >= 0.6 is 0 Å². The zero-order chi connectivity index (χ0) is 11.4. The molecule has 0 spiro atoms. The summed E-state index contributed by atoms with van der Waals surface area (Å²) in [7, 11) is 0. The Hall–Kier alpha value is -0.570. The van der Waals surface area contributed by atoms with E-state index >= 15 is 0 Å². The van der Waals surface area contributed by atoms with Gasteiger partial charge in [0.15, 0.2) is 0 Å². The van der Waals surface area contributed by atoms with E-state index in [0.717, 1.165) is 32.1 Å². The first-order valence-electron chi connectivity index (χ1n) is 6.79. The van der Waals surface area contributed by atoms with Crippen molar-refractivity contribution in [2.75, 3.05) is 0 Å². The molecule has 0 heterocycles. The third kappa shape index (κ3) is 3.48. The summed E-state index contributed by atoms with van der Waals surface area (Å²) in [6, 6.07) is 0.761. The monoisotopic (exact) mass is 224 g/mol. The number of hydrogen-bond donors (Lipinski definition) is 2. The molecule has 2 rings (SSSR count). The number of carbonyl (C=O) groups is 1. The highest BCUT2D eigenvalue weighted by molar-refractivity contribution is 5.76. The second kappa shape index (κ2) is 5.67. The van der Waals surface area contributed by atoms with Crippen LogP contribution in [0.2, 0.25) is 0 Å². The van der Waals surface area contributed by atoms with Crippen molar-refractivity contribution in [2.45, 2.75) is 69.9 Å². The molecular formula is C13H24N2O. The smallest absolute Gasteiger partial charge is 0.220 e. The predicted molar refractivity (Wildman–Crippen MR) is 64.9 cm³/mol. The Morgan fingerprint density at radius 1 is 1.06 bits per heavy atom. The number of nitrogens with two attached hydrogens (primary N) is 1. The number of rotatable bonds is 3. The maximum absolute atomic E-state index is 11.8. The van der Waals surface area contributed by atoms with Crippen LogP contribution in [0.1, 0.15) is 57.8 Å². The van der Waals surface area contributed by atoms with Crippen molar-refractivity contribution in [3.8, 4) is 0 Å². The third-order valence-electron chi connectivity index (χ3n) is 4.09. The lowest BCUT2D eigenvalue weighted by atomic mass is 9.91. The Labute approximate surface area is 98.2 Å². The molecule has 0 aromatic heterocycles. The lowest BCUT2D eigenvalue weighted by molar-refractivity contribution is -0.122. The van der Waals surface area contributed by atoms with E-state index in [1.165, 1.54) is 25.7 Å². The van der Waals surface area contributed by atoms with E-state index < -0.39 is 0 Å². The summed E-state index contributed by atoms with van der Waals surface area (Å²) in [5.74, 6) is 0.929. The zero-order valence-electron chi connectivity index (χ0n) is 10.1. The third-order valence-corrected chi connectivity index (χ3v) is 4.09. The Balaban J connectivity index is 1.66. The minimum absolute atomic E-state index is 0.271. The van der Waals surface area contributed by atoms with Crippen molar-refractivity contribution < 1.29 is 4.79 Å². The van der Waals surface area contributed by atoms with Crippen LogP contribution in [0.5, 0.6) is 0 Å². The number of carbonyl (C=O) groups excluding carboxylic acids is 1. The topological polar surface area (TPSA) is 55.1 Å². The number of nitrogens with one attached hydrogen (secondary N) is 1. The van der Waals surface area contributed by atoms with Crippen molar-refractivity contribution in [1.82, 2.24) is 5.32 Å². The second-order valence-electron chi connectivity index (χ2n) is 5.53. The molecule has 2 saturated carbocycles.